The van der Waals surface area contributed by atoms with Gasteiger partial charge in [0.25, 0.3) is 5.91 Å². The average molecular weight is 799 g/mol. The standard InChI is InChI=1S/C44H49Cl2N5O5/c1-23(2)29-19-30-21-36(44(53)54)49(14-16-55-9)40(30)35(20-29)50-22-26(5)51-41-33(12-13-34(45)38(41)37-27(6)47-48(8)28(37)7)32(42(51)43(50)52)11-10-15-56-31-17-24(3)39(46)25(4)18-31/h12-13,17-21,23,26H,10-11,14-16,22H2,1-9H3,(H,53,54). The van der Waals surface area contributed by atoms with E-state index < -0.39 is 5.97 Å². The molecule has 0 fully saturated rings. The first-order chi connectivity index (χ1) is 26.6. The topological polar surface area (TPSA) is 104 Å². The summed E-state index contributed by atoms with van der Waals surface area (Å²) in [6.45, 7) is 15.7. The van der Waals surface area contributed by atoms with E-state index in [9.17, 15) is 9.90 Å². The summed E-state index contributed by atoms with van der Waals surface area (Å²) in [5, 5.41) is 18.1. The molecular formula is C44H49Cl2N5O5. The zero-order chi connectivity index (χ0) is 40.3. The van der Waals surface area contributed by atoms with Crippen LogP contribution in [0.1, 0.15) is 93.8 Å². The van der Waals surface area contributed by atoms with Gasteiger partial charge >= 0.3 is 5.97 Å². The molecule has 0 bridgehead atoms. The maximum atomic E-state index is 15.4. The molecule has 3 aromatic heterocycles. The van der Waals surface area contributed by atoms with Gasteiger partial charge in [-0.25, -0.2) is 4.79 Å². The van der Waals surface area contributed by atoms with Crippen LogP contribution in [0.4, 0.5) is 5.69 Å². The second-order valence-corrected chi connectivity index (χ2v) is 16.2. The smallest absolute Gasteiger partial charge is 0.352 e. The number of halogens is 2. The normalized spacial score (nSPS) is 14.5. The van der Waals surface area contributed by atoms with Crippen molar-refractivity contribution in [3.8, 4) is 16.9 Å². The number of amides is 1. The van der Waals surface area contributed by atoms with Crippen LogP contribution in [0.15, 0.2) is 42.5 Å². The third-order valence-electron chi connectivity index (χ3n) is 11.3. The number of carboxylic acids is 1. The number of methoxy groups -OCH3 is 1. The highest BCUT2D eigenvalue weighted by molar-refractivity contribution is 6.35. The number of carbonyl (C=O) groups excluding carboxylic acids is 1. The molecule has 294 valence electrons. The fourth-order valence-corrected chi connectivity index (χ4v) is 8.84. The van der Waals surface area contributed by atoms with Crippen molar-refractivity contribution in [1.29, 1.82) is 0 Å². The number of aromatic carboxylic acids is 1. The number of hydrogen-bond acceptors (Lipinski definition) is 5. The summed E-state index contributed by atoms with van der Waals surface area (Å²) in [6.07, 6.45) is 1.21. The van der Waals surface area contributed by atoms with E-state index in [1.807, 2.05) is 74.7 Å². The Morgan fingerprint density at radius 1 is 1.00 bits per heavy atom. The molecule has 1 aliphatic heterocycles. The van der Waals surface area contributed by atoms with E-state index >= 15 is 4.79 Å². The number of carbonyl (C=O) groups is 2. The zero-order valence-electron chi connectivity index (χ0n) is 33.5. The summed E-state index contributed by atoms with van der Waals surface area (Å²) >= 11 is 13.6. The van der Waals surface area contributed by atoms with Gasteiger partial charge in [-0.2, -0.15) is 5.10 Å². The number of aromatic nitrogens is 4. The number of rotatable bonds is 12. The van der Waals surface area contributed by atoms with Gasteiger partial charge in [0.15, 0.2) is 0 Å². The Bertz CT molecular complexity index is 2520. The van der Waals surface area contributed by atoms with E-state index in [0.29, 0.717) is 61.1 Å². The van der Waals surface area contributed by atoms with Gasteiger partial charge in [-0.15, -0.1) is 0 Å². The highest BCUT2D eigenvalue weighted by atomic mass is 35.5. The quantitative estimate of drug-likeness (QED) is 0.124. The first-order valence-electron chi connectivity index (χ1n) is 19.1. The monoisotopic (exact) mass is 797 g/mol. The van der Waals surface area contributed by atoms with Crippen molar-refractivity contribution in [3.63, 3.8) is 0 Å². The van der Waals surface area contributed by atoms with Crippen LogP contribution in [0, 0.1) is 27.7 Å². The number of ether oxygens (including phenoxy) is 2. The minimum Gasteiger partial charge on any atom is -0.494 e. The average Bonchev–Trinajstić information content (AvgIpc) is 3.77. The molecule has 1 aliphatic rings. The molecule has 1 amide bonds. The second kappa shape index (κ2) is 15.3. The molecule has 1 N–H and O–H groups in total. The lowest BCUT2D eigenvalue weighted by Crippen LogP contribution is -2.43. The molecule has 7 rings (SSSR count). The fraction of sp³-hybridized carbons (Fsp3) is 0.386. The number of benzene rings is 3. The number of carboxylic acid groups (broad SMARTS) is 1. The van der Waals surface area contributed by atoms with Crippen LogP contribution in [0.25, 0.3) is 32.9 Å². The maximum absolute atomic E-state index is 15.4. The predicted octanol–water partition coefficient (Wildman–Crippen LogP) is 10.2. The second-order valence-electron chi connectivity index (χ2n) is 15.4. The van der Waals surface area contributed by atoms with Crippen molar-refractivity contribution in [2.24, 2.45) is 7.05 Å². The van der Waals surface area contributed by atoms with Gasteiger partial charge in [0, 0.05) is 65.9 Å². The van der Waals surface area contributed by atoms with Crippen LogP contribution in [-0.2, 0) is 24.8 Å². The van der Waals surface area contributed by atoms with Crippen LogP contribution >= 0.6 is 23.2 Å². The summed E-state index contributed by atoms with van der Waals surface area (Å²) in [7, 11) is 3.52. The first kappa shape index (κ1) is 39.5. The third-order valence-corrected chi connectivity index (χ3v) is 12.2. The van der Waals surface area contributed by atoms with E-state index in [2.05, 4.69) is 31.4 Å². The maximum Gasteiger partial charge on any atom is 0.352 e. The van der Waals surface area contributed by atoms with Crippen LogP contribution < -0.4 is 9.64 Å². The Morgan fingerprint density at radius 3 is 2.34 bits per heavy atom. The molecule has 0 aliphatic carbocycles. The molecule has 6 aromatic rings. The summed E-state index contributed by atoms with van der Waals surface area (Å²) in [5.74, 6) is -0.296. The molecule has 12 heteroatoms. The summed E-state index contributed by atoms with van der Waals surface area (Å²) in [5.41, 5.74) is 10.5. The van der Waals surface area contributed by atoms with Crippen molar-refractivity contribution in [3.05, 3.63) is 97.5 Å². The summed E-state index contributed by atoms with van der Waals surface area (Å²) < 4.78 is 17.5. The van der Waals surface area contributed by atoms with Gasteiger partial charge in [-0.1, -0.05) is 43.1 Å². The molecule has 10 nitrogen and oxygen atoms in total. The minimum absolute atomic E-state index is 0.136. The lowest BCUT2D eigenvalue weighted by Gasteiger charge is -2.35. The van der Waals surface area contributed by atoms with Crippen LogP contribution in [0.5, 0.6) is 5.75 Å². The van der Waals surface area contributed by atoms with Gasteiger partial charge < -0.3 is 28.6 Å². The van der Waals surface area contributed by atoms with Gasteiger partial charge in [0.1, 0.15) is 17.1 Å². The zero-order valence-corrected chi connectivity index (χ0v) is 35.0. The van der Waals surface area contributed by atoms with Crippen LogP contribution in [0.2, 0.25) is 10.0 Å². The third kappa shape index (κ3) is 6.65. The SMILES string of the molecule is COCCn1c(C(=O)O)cc2cc(C(C)C)cc(N3CC(C)n4c(c(CCCOc5cc(C)c(Cl)c(C)c5)c5ccc(Cl)c(-c6c(C)nn(C)c6C)c54)C3=O)c21. The first-order valence-corrected chi connectivity index (χ1v) is 19.9. The number of nitrogens with zero attached hydrogens (tertiary/aromatic N) is 5. The molecule has 0 saturated heterocycles. The van der Waals surface area contributed by atoms with Crippen molar-refractivity contribution in [1.82, 2.24) is 18.9 Å². The molecule has 1 unspecified atom stereocenters. The largest absolute Gasteiger partial charge is 0.494 e. The van der Waals surface area contributed by atoms with E-state index in [1.54, 1.807) is 17.7 Å². The Labute approximate surface area is 337 Å². The van der Waals surface area contributed by atoms with Gasteiger partial charge in [0.2, 0.25) is 0 Å². The van der Waals surface area contributed by atoms with Gasteiger partial charge in [0.05, 0.1) is 40.7 Å². The fourth-order valence-electron chi connectivity index (χ4n) is 8.48. The highest BCUT2D eigenvalue weighted by Crippen LogP contribution is 2.46. The van der Waals surface area contributed by atoms with Crippen LogP contribution in [-0.4, -0.2) is 62.8 Å². The predicted molar refractivity (Wildman–Crippen MR) is 225 cm³/mol. The van der Waals surface area contributed by atoms with E-state index in [4.69, 9.17) is 37.8 Å². The number of fused-ring (bicyclic) bond motifs is 4. The Kier molecular flexibility index (Phi) is 10.8. The van der Waals surface area contributed by atoms with Crippen molar-refractivity contribution in [2.75, 3.05) is 31.8 Å². The molecule has 56 heavy (non-hydrogen) atoms. The molecule has 4 heterocycles. The van der Waals surface area contributed by atoms with Gasteiger partial charge in [-0.3, -0.25) is 9.48 Å². The number of hydrogen-bond donors (Lipinski definition) is 1. The minimum atomic E-state index is -1.04. The van der Waals surface area contributed by atoms with Crippen molar-refractivity contribution in [2.45, 2.75) is 79.8 Å². The molecule has 0 radical (unpaired) electrons. The molecule has 1 atom stereocenters. The van der Waals surface area contributed by atoms with Gasteiger partial charge in [-0.05, 0) is 112 Å². The lowest BCUT2D eigenvalue weighted by molar-refractivity contribution is 0.0683. The van der Waals surface area contributed by atoms with Crippen molar-refractivity contribution >= 4 is 62.6 Å². The number of aryl methyl sites for hydroxylation is 5. The molecule has 0 spiro atoms. The molecule has 0 saturated carbocycles. The molecule has 3 aromatic carbocycles. The Balaban J connectivity index is 1.42. The molecular weight excluding hydrogens is 749 g/mol. The van der Waals surface area contributed by atoms with Crippen LogP contribution in [0.3, 0.4) is 0 Å². The Hall–Kier alpha value is -4.77. The summed E-state index contributed by atoms with van der Waals surface area (Å²) in [6, 6.07) is 13.5. The Morgan fingerprint density at radius 2 is 1.71 bits per heavy atom. The number of anilines is 1. The summed E-state index contributed by atoms with van der Waals surface area (Å²) in [4.78, 5) is 29.9. The highest BCUT2D eigenvalue weighted by Gasteiger charge is 2.38. The lowest BCUT2D eigenvalue weighted by atomic mass is 9.98. The van der Waals surface area contributed by atoms with E-state index in [0.717, 1.165) is 71.8 Å². The van der Waals surface area contributed by atoms with E-state index in [1.165, 1.54) is 0 Å². The van der Waals surface area contributed by atoms with Crippen molar-refractivity contribution < 1.29 is 24.2 Å². The van der Waals surface area contributed by atoms with E-state index in [-0.39, 0.29) is 23.6 Å².